The van der Waals surface area contributed by atoms with Crippen LogP contribution in [0.25, 0.3) is 0 Å². The van der Waals surface area contributed by atoms with Gasteiger partial charge in [0.2, 0.25) is 5.91 Å². The van der Waals surface area contributed by atoms with E-state index < -0.39 is 0 Å². The van der Waals surface area contributed by atoms with Gasteiger partial charge in [-0.2, -0.15) is 0 Å². The topological polar surface area (TPSA) is 81.9 Å². The fourth-order valence-electron chi connectivity index (χ4n) is 4.48. The molecule has 1 aromatic rings. The van der Waals surface area contributed by atoms with Crippen molar-refractivity contribution in [1.29, 1.82) is 0 Å². The van der Waals surface area contributed by atoms with Crippen LogP contribution >= 0.6 is 0 Å². The molecular formula is C21H35N5O2. The van der Waals surface area contributed by atoms with Gasteiger partial charge in [-0.1, -0.05) is 25.7 Å². The minimum atomic E-state index is -0.0808. The predicted octanol–water partition coefficient (Wildman–Crippen LogP) is 2.25. The number of carbonyl (C=O) groups is 1. The van der Waals surface area contributed by atoms with Gasteiger partial charge >= 0.3 is 0 Å². The van der Waals surface area contributed by atoms with Gasteiger partial charge in [-0.3, -0.25) is 14.7 Å². The number of likely N-dealkylation sites (tertiary alicyclic amines) is 1. The van der Waals surface area contributed by atoms with Crippen LogP contribution in [0.2, 0.25) is 0 Å². The van der Waals surface area contributed by atoms with Crippen molar-refractivity contribution in [3.05, 3.63) is 24.2 Å². The Hall–Kier alpha value is -2.02. The molecule has 3 rings (SSSR count). The van der Waals surface area contributed by atoms with Crippen LogP contribution in [-0.4, -0.2) is 55.5 Å². The Kier molecular flexibility index (Phi) is 7.77. The Balaban J connectivity index is 1.46. The molecule has 0 radical (unpaired) electrons. The Morgan fingerprint density at radius 1 is 1.11 bits per heavy atom. The molecule has 1 saturated heterocycles. The van der Waals surface area contributed by atoms with E-state index >= 15 is 0 Å². The van der Waals surface area contributed by atoms with E-state index in [1.807, 2.05) is 12.1 Å². The molecule has 1 amide bonds. The molecule has 1 aromatic heterocycles. The number of carbonyl (C=O) groups excluding carboxylic acids is 1. The van der Waals surface area contributed by atoms with E-state index in [9.17, 15) is 4.79 Å². The molecule has 7 heteroatoms. The Labute approximate surface area is 168 Å². The molecule has 2 heterocycles. The molecule has 0 atom stereocenters. The van der Waals surface area contributed by atoms with E-state index in [1.165, 1.54) is 64.5 Å². The van der Waals surface area contributed by atoms with E-state index in [4.69, 9.17) is 4.42 Å². The number of nitrogens with zero attached hydrogens (tertiary/aromatic N) is 2. The quantitative estimate of drug-likeness (QED) is 0.492. The summed E-state index contributed by atoms with van der Waals surface area (Å²) >= 11 is 0. The molecule has 7 nitrogen and oxygen atoms in total. The third-order valence-electron chi connectivity index (χ3n) is 6.08. The van der Waals surface area contributed by atoms with Gasteiger partial charge < -0.3 is 20.4 Å². The summed E-state index contributed by atoms with van der Waals surface area (Å²) in [4.78, 5) is 19.1. The number of aliphatic imine (C=N–C) groups is 1. The second-order valence-corrected chi connectivity index (χ2v) is 7.97. The standard InChI is InChI=1S/C21H35N5O2/c1-22-20(24-16-19(27)23-15-18-9-8-14-28-18)25-17-21(10-4-2-5-11-21)26-12-6-3-7-13-26/h8-9,14H,2-7,10-13,15-17H2,1H3,(H,23,27)(H2,22,24,25). The average Bonchev–Trinajstić information content (AvgIpc) is 3.27. The van der Waals surface area contributed by atoms with Gasteiger partial charge in [-0.25, -0.2) is 0 Å². The van der Waals surface area contributed by atoms with Crippen molar-refractivity contribution in [2.75, 3.05) is 33.2 Å². The van der Waals surface area contributed by atoms with E-state index in [2.05, 4.69) is 25.8 Å². The van der Waals surface area contributed by atoms with Crippen LogP contribution in [0.5, 0.6) is 0 Å². The molecule has 3 N–H and O–H groups in total. The summed E-state index contributed by atoms with van der Waals surface area (Å²) in [5.41, 5.74) is 0.234. The first-order valence-electron chi connectivity index (χ1n) is 10.7. The minimum Gasteiger partial charge on any atom is -0.467 e. The molecule has 2 fully saturated rings. The number of nitrogens with one attached hydrogen (secondary N) is 3. The molecule has 1 aliphatic carbocycles. The van der Waals surface area contributed by atoms with E-state index in [-0.39, 0.29) is 18.0 Å². The van der Waals surface area contributed by atoms with Crippen molar-refractivity contribution in [3.8, 4) is 0 Å². The fraction of sp³-hybridized carbons (Fsp3) is 0.714. The summed E-state index contributed by atoms with van der Waals surface area (Å²) in [6, 6.07) is 3.66. The van der Waals surface area contributed by atoms with E-state index in [0.717, 1.165) is 12.3 Å². The summed E-state index contributed by atoms with van der Waals surface area (Å²) in [6.07, 6.45) is 12.0. The van der Waals surface area contributed by atoms with E-state index in [0.29, 0.717) is 12.5 Å². The van der Waals surface area contributed by atoms with Crippen LogP contribution in [0.3, 0.4) is 0 Å². The van der Waals surface area contributed by atoms with Gasteiger partial charge in [0.1, 0.15) is 5.76 Å². The Bertz CT molecular complexity index is 617. The maximum Gasteiger partial charge on any atom is 0.239 e. The zero-order valence-electron chi connectivity index (χ0n) is 17.1. The lowest BCUT2D eigenvalue weighted by Crippen LogP contribution is -2.59. The summed E-state index contributed by atoms with van der Waals surface area (Å²) in [5.74, 6) is 1.36. The highest BCUT2D eigenvalue weighted by Crippen LogP contribution is 2.35. The van der Waals surface area contributed by atoms with Gasteiger partial charge in [0, 0.05) is 19.1 Å². The highest BCUT2D eigenvalue weighted by molar-refractivity contribution is 5.86. The van der Waals surface area contributed by atoms with Crippen LogP contribution < -0.4 is 16.0 Å². The molecule has 1 saturated carbocycles. The number of hydrogen-bond donors (Lipinski definition) is 3. The number of guanidine groups is 1. The summed E-state index contributed by atoms with van der Waals surface area (Å²) in [7, 11) is 1.75. The van der Waals surface area contributed by atoms with Gasteiger partial charge in [0.15, 0.2) is 5.96 Å². The predicted molar refractivity (Wildman–Crippen MR) is 111 cm³/mol. The molecule has 0 bridgehead atoms. The summed E-state index contributed by atoms with van der Waals surface area (Å²) < 4.78 is 5.23. The van der Waals surface area contributed by atoms with E-state index in [1.54, 1.807) is 13.3 Å². The van der Waals surface area contributed by atoms with Crippen molar-refractivity contribution < 1.29 is 9.21 Å². The van der Waals surface area contributed by atoms with Gasteiger partial charge in [0.25, 0.3) is 0 Å². The second kappa shape index (κ2) is 10.5. The summed E-state index contributed by atoms with van der Waals surface area (Å²) in [6.45, 7) is 3.90. The maximum atomic E-state index is 12.1. The number of rotatable bonds is 7. The Morgan fingerprint density at radius 2 is 1.86 bits per heavy atom. The normalized spacial score (nSPS) is 20.5. The van der Waals surface area contributed by atoms with Crippen LogP contribution in [0, 0.1) is 0 Å². The van der Waals surface area contributed by atoms with Gasteiger partial charge in [0.05, 0.1) is 19.4 Å². The highest BCUT2D eigenvalue weighted by Gasteiger charge is 2.38. The summed E-state index contributed by atoms with van der Waals surface area (Å²) in [5, 5.41) is 9.48. The number of furan rings is 1. The van der Waals surface area contributed by atoms with Crippen LogP contribution in [0.4, 0.5) is 0 Å². The third kappa shape index (κ3) is 5.74. The van der Waals surface area contributed by atoms with Crippen molar-refractivity contribution >= 4 is 11.9 Å². The van der Waals surface area contributed by atoms with Crippen LogP contribution in [0.1, 0.15) is 57.1 Å². The molecule has 156 valence electrons. The number of amides is 1. The number of hydrogen-bond acceptors (Lipinski definition) is 4. The molecular weight excluding hydrogens is 354 g/mol. The van der Waals surface area contributed by atoms with Crippen LogP contribution in [-0.2, 0) is 11.3 Å². The van der Waals surface area contributed by atoms with Crippen molar-refractivity contribution in [3.63, 3.8) is 0 Å². The van der Waals surface area contributed by atoms with Crippen molar-refractivity contribution in [2.45, 2.75) is 63.5 Å². The highest BCUT2D eigenvalue weighted by atomic mass is 16.3. The first-order valence-corrected chi connectivity index (χ1v) is 10.7. The molecule has 1 aliphatic heterocycles. The lowest BCUT2D eigenvalue weighted by molar-refractivity contribution is -0.120. The van der Waals surface area contributed by atoms with Crippen molar-refractivity contribution in [1.82, 2.24) is 20.9 Å². The molecule has 0 spiro atoms. The third-order valence-corrected chi connectivity index (χ3v) is 6.08. The smallest absolute Gasteiger partial charge is 0.239 e. The number of piperidine rings is 1. The van der Waals surface area contributed by atoms with Crippen LogP contribution in [0.15, 0.2) is 27.8 Å². The zero-order valence-corrected chi connectivity index (χ0v) is 17.1. The lowest BCUT2D eigenvalue weighted by Gasteiger charge is -2.48. The first kappa shape index (κ1) is 20.7. The second-order valence-electron chi connectivity index (χ2n) is 7.97. The lowest BCUT2D eigenvalue weighted by atomic mass is 9.79. The fourth-order valence-corrected chi connectivity index (χ4v) is 4.48. The average molecular weight is 390 g/mol. The monoisotopic (exact) mass is 389 g/mol. The Morgan fingerprint density at radius 3 is 2.54 bits per heavy atom. The van der Waals surface area contributed by atoms with Crippen molar-refractivity contribution in [2.24, 2.45) is 4.99 Å². The molecule has 0 unspecified atom stereocenters. The first-order chi connectivity index (χ1) is 13.7. The van der Waals surface area contributed by atoms with Gasteiger partial charge in [-0.15, -0.1) is 0 Å². The molecule has 0 aromatic carbocycles. The maximum absolute atomic E-state index is 12.1. The zero-order chi connectivity index (χ0) is 19.7. The minimum absolute atomic E-state index is 0.0808. The largest absolute Gasteiger partial charge is 0.467 e. The van der Waals surface area contributed by atoms with Gasteiger partial charge in [-0.05, 0) is 50.9 Å². The SMILES string of the molecule is CN=C(NCC(=O)NCc1ccco1)NCC1(N2CCCCC2)CCCCC1. The molecule has 2 aliphatic rings. The molecule has 28 heavy (non-hydrogen) atoms.